The first-order valence-corrected chi connectivity index (χ1v) is 10.2. The monoisotopic (exact) mass is 372 g/mol. The molecule has 2 fully saturated rings. The minimum atomic E-state index is -0.314. The van der Waals surface area contributed by atoms with Crippen molar-refractivity contribution in [3.05, 3.63) is 29.8 Å². The van der Waals surface area contributed by atoms with Crippen molar-refractivity contribution in [2.24, 2.45) is 11.8 Å². The molecule has 27 heavy (non-hydrogen) atoms. The molecule has 5 heteroatoms. The first-order valence-electron chi connectivity index (χ1n) is 10.2. The molecule has 0 radical (unpaired) electrons. The second kappa shape index (κ2) is 7.59. The minimum Gasteiger partial charge on any atom is -0.469 e. The summed E-state index contributed by atoms with van der Waals surface area (Å²) in [5.74, 6) is 0.933. The smallest absolute Gasteiger partial charge is 0.469 e. The van der Waals surface area contributed by atoms with E-state index in [4.69, 9.17) is 14.0 Å². The zero-order valence-electron chi connectivity index (χ0n) is 17.6. The van der Waals surface area contributed by atoms with E-state index >= 15 is 0 Å². The Kier molecular flexibility index (Phi) is 5.74. The van der Waals surface area contributed by atoms with Gasteiger partial charge in [0.05, 0.1) is 24.2 Å². The number of hydrogen-bond donors (Lipinski definition) is 0. The highest BCUT2D eigenvalue weighted by atomic mass is 16.7. The Labute approximate surface area is 164 Å². The summed E-state index contributed by atoms with van der Waals surface area (Å²) >= 11 is 0. The zero-order valence-corrected chi connectivity index (χ0v) is 17.6. The molecule has 1 heterocycles. The van der Waals surface area contributed by atoms with Crippen LogP contribution in [0.3, 0.4) is 0 Å². The average Bonchev–Trinajstić information content (AvgIpc) is 2.88. The molecule has 0 spiro atoms. The molecular weight excluding hydrogens is 339 g/mol. The molecule has 4 nitrogen and oxygen atoms in total. The predicted octanol–water partition coefficient (Wildman–Crippen LogP) is 4.07. The van der Waals surface area contributed by atoms with Gasteiger partial charge in [0.2, 0.25) is 0 Å². The summed E-state index contributed by atoms with van der Waals surface area (Å²) < 4.78 is 17.2. The molecule has 0 aromatic heterocycles. The van der Waals surface area contributed by atoms with Crippen molar-refractivity contribution < 1.29 is 18.8 Å². The number of carbonyl (C=O) groups excluding carboxylic acids is 1. The third kappa shape index (κ3) is 4.09. The third-order valence-electron chi connectivity index (χ3n) is 6.99. The average molecular weight is 372 g/mol. The van der Waals surface area contributed by atoms with Crippen LogP contribution in [0, 0.1) is 11.8 Å². The summed E-state index contributed by atoms with van der Waals surface area (Å²) in [5.41, 5.74) is 1.82. The highest BCUT2D eigenvalue weighted by Gasteiger charge is 2.51. The van der Waals surface area contributed by atoms with Gasteiger partial charge in [-0.3, -0.25) is 4.79 Å². The largest absolute Gasteiger partial charge is 0.494 e. The zero-order chi connectivity index (χ0) is 19.8. The molecular formula is C22H33BO4. The van der Waals surface area contributed by atoms with E-state index in [1.54, 1.807) is 0 Å². The maximum absolute atomic E-state index is 11.8. The van der Waals surface area contributed by atoms with Crippen molar-refractivity contribution in [3.63, 3.8) is 0 Å². The van der Waals surface area contributed by atoms with Crippen molar-refractivity contribution >= 4 is 18.6 Å². The molecule has 1 aromatic rings. The normalized spacial score (nSPS) is 28.0. The first-order chi connectivity index (χ1) is 12.6. The fraction of sp³-hybridized carbons (Fsp3) is 0.682. The Hall–Kier alpha value is -1.33. The lowest BCUT2D eigenvalue weighted by molar-refractivity contribution is -0.147. The van der Waals surface area contributed by atoms with Gasteiger partial charge in [0.1, 0.15) is 0 Å². The fourth-order valence-electron chi connectivity index (χ4n) is 4.24. The van der Waals surface area contributed by atoms with Gasteiger partial charge in [0.15, 0.2) is 0 Å². The van der Waals surface area contributed by atoms with E-state index < -0.39 is 0 Å². The van der Waals surface area contributed by atoms with Crippen molar-refractivity contribution in [1.82, 2.24) is 0 Å². The molecule has 1 aliphatic heterocycles. The molecule has 1 saturated heterocycles. The van der Waals surface area contributed by atoms with Gasteiger partial charge in [-0.15, -0.1) is 0 Å². The topological polar surface area (TPSA) is 44.8 Å². The van der Waals surface area contributed by atoms with Crippen LogP contribution in [0.1, 0.15) is 71.8 Å². The van der Waals surface area contributed by atoms with Gasteiger partial charge in [0.25, 0.3) is 0 Å². The third-order valence-corrected chi connectivity index (χ3v) is 6.99. The standard InChI is InChI=1S/C22H33BO4/c1-15(20(24)25-6)16-7-9-17(10-8-16)18-11-13-19(14-12-18)23-26-21(2,3)22(4,5)27-23/h11-17H,7-10H2,1-6H3. The molecule has 0 N–H and O–H groups in total. The maximum atomic E-state index is 11.8. The molecule has 3 rings (SSSR count). The highest BCUT2D eigenvalue weighted by molar-refractivity contribution is 6.62. The van der Waals surface area contributed by atoms with E-state index in [1.165, 1.54) is 12.7 Å². The van der Waals surface area contributed by atoms with Crippen LogP contribution in [-0.2, 0) is 18.8 Å². The number of hydrogen-bond acceptors (Lipinski definition) is 4. The number of esters is 1. The summed E-state index contributed by atoms with van der Waals surface area (Å²) in [6.07, 6.45) is 4.42. The van der Waals surface area contributed by atoms with E-state index in [0.717, 1.165) is 31.1 Å². The van der Waals surface area contributed by atoms with Gasteiger partial charge in [0, 0.05) is 0 Å². The lowest BCUT2D eigenvalue weighted by Crippen LogP contribution is -2.41. The summed E-state index contributed by atoms with van der Waals surface area (Å²) in [6.45, 7) is 10.3. The Morgan fingerprint density at radius 3 is 2.04 bits per heavy atom. The van der Waals surface area contributed by atoms with Crippen molar-refractivity contribution in [1.29, 1.82) is 0 Å². The van der Waals surface area contributed by atoms with E-state index in [0.29, 0.717) is 11.8 Å². The van der Waals surface area contributed by atoms with Crippen LogP contribution in [0.25, 0.3) is 0 Å². The van der Waals surface area contributed by atoms with Gasteiger partial charge in [-0.05, 0) is 76.2 Å². The number of rotatable bonds is 4. The van der Waals surface area contributed by atoms with E-state index in [1.807, 2.05) is 6.92 Å². The fourth-order valence-corrected chi connectivity index (χ4v) is 4.24. The van der Waals surface area contributed by atoms with Gasteiger partial charge < -0.3 is 14.0 Å². The van der Waals surface area contributed by atoms with Crippen LogP contribution in [-0.4, -0.2) is 31.4 Å². The van der Waals surface area contributed by atoms with Gasteiger partial charge >= 0.3 is 13.1 Å². The number of ether oxygens (including phenoxy) is 1. The number of methoxy groups -OCH3 is 1. The van der Waals surface area contributed by atoms with Gasteiger partial charge in [-0.1, -0.05) is 31.2 Å². The molecule has 2 aliphatic rings. The van der Waals surface area contributed by atoms with E-state index in [2.05, 4.69) is 52.0 Å². The first kappa shape index (κ1) is 20.4. The quantitative estimate of drug-likeness (QED) is 0.590. The molecule has 1 aliphatic carbocycles. The molecule has 1 unspecified atom stereocenters. The van der Waals surface area contributed by atoms with Gasteiger partial charge in [-0.25, -0.2) is 0 Å². The summed E-state index contributed by atoms with van der Waals surface area (Å²) in [5, 5.41) is 0. The Morgan fingerprint density at radius 2 is 1.56 bits per heavy atom. The van der Waals surface area contributed by atoms with E-state index in [9.17, 15) is 4.79 Å². The maximum Gasteiger partial charge on any atom is 0.494 e. The van der Waals surface area contributed by atoms with Crippen LogP contribution in [0.4, 0.5) is 0 Å². The molecule has 1 saturated carbocycles. The predicted molar refractivity (Wildman–Crippen MR) is 108 cm³/mol. The van der Waals surface area contributed by atoms with Crippen molar-refractivity contribution in [2.75, 3.05) is 7.11 Å². The SMILES string of the molecule is COC(=O)C(C)C1CCC(c2ccc(B3OC(C)(C)C(C)(C)O3)cc2)CC1. The van der Waals surface area contributed by atoms with Crippen molar-refractivity contribution in [3.8, 4) is 0 Å². The summed E-state index contributed by atoms with van der Waals surface area (Å²) in [4.78, 5) is 11.8. The lowest BCUT2D eigenvalue weighted by Gasteiger charge is -2.32. The highest BCUT2D eigenvalue weighted by Crippen LogP contribution is 2.39. The Bertz CT molecular complexity index is 643. The number of carbonyl (C=O) groups is 1. The molecule has 148 valence electrons. The van der Waals surface area contributed by atoms with Crippen LogP contribution in [0.5, 0.6) is 0 Å². The second-order valence-electron chi connectivity index (χ2n) is 9.18. The van der Waals surface area contributed by atoms with Gasteiger partial charge in [-0.2, -0.15) is 0 Å². The molecule has 1 atom stereocenters. The van der Waals surface area contributed by atoms with Crippen LogP contribution in [0.2, 0.25) is 0 Å². The molecule has 1 aromatic carbocycles. The summed E-state index contributed by atoms with van der Waals surface area (Å²) in [7, 11) is 1.17. The second-order valence-corrected chi connectivity index (χ2v) is 9.18. The Morgan fingerprint density at radius 1 is 1.04 bits per heavy atom. The Balaban J connectivity index is 1.60. The molecule has 0 bridgehead atoms. The lowest BCUT2D eigenvalue weighted by atomic mass is 9.73. The molecule has 0 amide bonds. The summed E-state index contributed by atoms with van der Waals surface area (Å²) in [6, 6.07) is 8.71. The number of benzene rings is 1. The van der Waals surface area contributed by atoms with Crippen LogP contribution >= 0.6 is 0 Å². The van der Waals surface area contributed by atoms with Crippen LogP contribution in [0.15, 0.2) is 24.3 Å². The minimum absolute atomic E-state index is 0.00157. The van der Waals surface area contributed by atoms with E-state index in [-0.39, 0.29) is 30.2 Å². The van der Waals surface area contributed by atoms with Crippen molar-refractivity contribution in [2.45, 2.75) is 77.4 Å². The van der Waals surface area contributed by atoms with Crippen LogP contribution < -0.4 is 5.46 Å².